The van der Waals surface area contributed by atoms with Crippen molar-refractivity contribution in [3.63, 3.8) is 0 Å². The Hall–Kier alpha value is -0.570. The van der Waals surface area contributed by atoms with E-state index in [1.54, 1.807) is 0 Å². The van der Waals surface area contributed by atoms with Crippen molar-refractivity contribution in [2.45, 2.75) is 19.8 Å². The maximum atomic E-state index is 4.41. The van der Waals surface area contributed by atoms with Crippen LogP contribution in [0.2, 0.25) is 0 Å². The number of anilines is 1. The van der Waals surface area contributed by atoms with Gasteiger partial charge in [-0.1, -0.05) is 0 Å². The molecule has 0 saturated heterocycles. The van der Waals surface area contributed by atoms with Gasteiger partial charge in [-0.15, -0.1) is 0 Å². The SMILES string of the molecule is CCN(CC1CC1)c1ncccc1Br. The number of aromatic nitrogens is 1. The number of pyridine rings is 1. The van der Waals surface area contributed by atoms with Gasteiger partial charge in [-0.3, -0.25) is 0 Å². The molecule has 0 unspecified atom stereocenters. The lowest BCUT2D eigenvalue weighted by atomic mass is 10.3. The summed E-state index contributed by atoms with van der Waals surface area (Å²) in [6.45, 7) is 4.38. The molecule has 1 aliphatic carbocycles. The van der Waals surface area contributed by atoms with Gasteiger partial charge in [-0.25, -0.2) is 4.98 Å². The summed E-state index contributed by atoms with van der Waals surface area (Å²) in [7, 11) is 0. The van der Waals surface area contributed by atoms with Gasteiger partial charge in [0.05, 0.1) is 4.47 Å². The van der Waals surface area contributed by atoms with Crippen LogP contribution in [0.1, 0.15) is 19.8 Å². The lowest BCUT2D eigenvalue weighted by molar-refractivity contribution is 0.730. The topological polar surface area (TPSA) is 16.1 Å². The molecule has 0 N–H and O–H groups in total. The molecular weight excluding hydrogens is 240 g/mol. The van der Waals surface area contributed by atoms with Crippen LogP contribution < -0.4 is 4.90 Å². The van der Waals surface area contributed by atoms with Gasteiger partial charge < -0.3 is 4.90 Å². The fourth-order valence-corrected chi connectivity index (χ4v) is 2.09. The Balaban J connectivity index is 2.12. The zero-order valence-electron chi connectivity index (χ0n) is 8.41. The smallest absolute Gasteiger partial charge is 0.142 e. The molecule has 76 valence electrons. The van der Waals surface area contributed by atoms with E-state index in [0.29, 0.717) is 0 Å². The third kappa shape index (κ3) is 2.27. The van der Waals surface area contributed by atoms with E-state index in [2.05, 4.69) is 38.8 Å². The Morgan fingerprint density at radius 1 is 1.57 bits per heavy atom. The van der Waals surface area contributed by atoms with Crippen LogP contribution >= 0.6 is 15.9 Å². The highest BCUT2D eigenvalue weighted by molar-refractivity contribution is 9.10. The van der Waals surface area contributed by atoms with Gasteiger partial charge >= 0.3 is 0 Å². The highest BCUT2D eigenvalue weighted by Gasteiger charge is 2.24. The van der Waals surface area contributed by atoms with E-state index in [1.807, 2.05) is 12.3 Å². The van der Waals surface area contributed by atoms with Crippen molar-refractivity contribution in [1.29, 1.82) is 0 Å². The Morgan fingerprint density at radius 3 is 2.93 bits per heavy atom. The molecule has 0 aromatic carbocycles. The maximum Gasteiger partial charge on any atom is 0.142 e. The second-order valence-electron chi connectivity index (χ2n) is 3.79. The quantitative estimate of drug-likeness (QED) is 0.821. The molecule has 1 fully saturated rings. The highest BCUT2D eigenvalue weighted by atomic mass is 79.9. The Kier molecular flexibility index (Phi) is 3.06. The third-order valence-electron chi connectivity index (χ3n) is 2.60. The van der Waals surface area contributed by atoms with E-state index in [1.165, 1.54) is 12.8 Å². The van der Waals surface area contributed by atoms with Gasteiger partial charge in [0.1, 0.15) is 5.82 Å². The van der Waals surface area contributed by atoms with Crippen LogP contribution in [0.25, 0.3) is 0 Å². The molecule has 0 amide bonds. The standard InChI is InChI=1S/C11H15BrN2/c1-2-14(8-9-5-6-9)11-10(12)4-3-7-13-11/h3-4,7,9H,2,5-6,8H2,1H3. The zero-order valence-corrected chi connectivity index (χ0v) is 10.00. The average Bonchev–Trinajstić information content (AvgIpc) is 2.99. The summed E-state index contributed by atoms with van der Waals surface area (Å²) in [5.41, 5.74) is 0. The lowest BCUT2D eigenvalue weighted by Gasteiger charge is -2.22. The second kappa shape index (κ2) is 4.30. The molecule has 0 aliphatic heterocycles. The van der Waals surface area contributed by atoms with E-state index < -0.39 is 0 Å². The Morgan fingerprint density at radius 2 is 2.36 bits per heavy atom. The summed E-state index contributed by atoms with van der Waals surface area (Å²) < 4.78 is 1.10. The van der Waals surface area contributed by atoms with Crippen molar-refractivity contribution in [1.82, 2.24) is 4.98 Å². The zero-order chi connectivity index (χ0) is 9.97. The molecule has 0 spiro atoms. The minimum absolute atomic E-state index is 0.906. The van der Waals surface area contributed by atoms with Crippen LogP contribution in [0, 0.1) is 5.92 Å². The van der Waals surface area contributed by atoms with Crippen molar-refractivity contribution < 1.29 is 0 Å². The lowest BCUT2D eigenvalue weighted by Crippen LogP contribution is -2.26. The molecule has 2 nitrogen and oxygen atoms in total. The minimum Gasteiger partial charge on any atom is -0.356 e. The van der Waals surface area contributed by atoms with Gasteiger partial charge in [0.2, 0.25) is 0 Å². The number of hydrogen-bond donors (Lipinski definition) is 0. The van der Waals surface area contributed by atoms with Gasteiger partial charge in [-0.05, 0) is 53.7 Å². The van der Waals surface area contributed by atoms with E-state index in [4.69, 9.17) is 0 Å². The Labute approximate surface area is 93.5 Å². The first-order valence-electron chi connectivity index (χ1n) is 5.16. The van der Waals surface area contributed by atoms with Gasteiger partial charge in [0.25, 0.3) is 0 Å². The summed E-state index contributed by atoms with van der Waals surface area (Å²) in [6, 6.07) is 4.01. The molecule has 0 bridgehead atoms. The summed E-state index contributed by atoms with van der Waals surface area (Å²) in [4.78, 5) is 6.76. The van der Waals surface area contributed by atoms with Crippen LogP contribution in [0.3, 0.4) is 0 Å². The molecule has 1 heterocycles. The predicted octanol–water partition coefficient (Wildman–Crippen LogP) is 3.08. The largest absolute Gasteiger partial charge is 0.356 e. The average molecular weight is 255 g/mol. The predicted molar refractivity (Wildman–Crippen MR) is 62.5 cm³/mol. The summed E-state index contributed by atoms with van der Waals surface area (Å²) in [6.07, 6.45) is 4.64. The van der Waals surface area contributed by atoms with E-state index in [-0.39, 0.29) is 0 Å². The van der Waals surface area contributed by atoms with Crippen LogP contribution in [0.5, 0.6) is 0 Å². The van der Waals surface area contributed by atoms with Crippen LogP contribution in [-0.4, -0.2) is 18.1 Å². The van der Waals surface area contributed by atoms with Crippen LogP contribution in [0.15, 0.2) is 22.8 Å². The monoisotopic (exact) mass is 254 g/mol. The number of hydrogen-bond acceptors (Lipinski definition) is 2. The van der Waals surface area contributed by atoms with Crippen molar-refractivity contribution in [3.8, 4) is 0 Å². The molecule has 1 aliphatic rings. The van der Waals surface area contributed by atoms with E-state index in [0.717, 1.165) is 29.3 Å². The Bertz CT molecular complexity index is 310. The molecule has 0 atom stereocenters. The molecule has 0 radical (unpaired) electrons. The molecule has 1 aromatic heterocycles. The molecule has 1 saturated carbocycles. The van der Waals surface area contributed by atoms with Crippen LogP contribution in [0.4, 0.5) is 5.82 Å². The van der Waals surface area contributed by atoms with Crippen molar-refractivity contribution in [2.24, 2.45) is 5.92 Å². The van der Waals surface area contributed by atoms with Crippen molar-refractivity contribution in [2.75, 3.05) is 18.0 Å². The first-order chi connectivity index (χ1) is 6.81. The fraction of sp³-hybridized carbons (Fsp3) is 0.545. The number of nitrogens with zero attached hydrogens (tertiary/aromatic N) is 2. The number of rotatable bonds is 4. The molecule has 3 heteroatoms. The van der Waals surface area contributed by atoms with Crippen molar-refractivity contribution in [3.05, 3.63) is 22.8 Å². The maximum absolute atomic E-state index is 4.41. The minimum atomic E-state index is 0.906. The highest BCUT2D eigenvalue weighted by Crippen LogP contribution is 2.32. The summed E-state index contributed by atoms with van der Waals surface area (Å²) >= 11 is 3.54. The third-order valence-corrected chi connectivity index (χ3v) is 3.21. The van der Waals surface area contributed by atoms with E-state index >= 15 is 0 Å². The van der Waals surface area contributed by atoms with Gasteiger partial charge in [0.15, 0.2) is 0 Å². The first kappa shape index (κ1) is 9.97. The molecular formula is C11H15BrN2. The molecule has 1 aromatic rings. The number of halogens is 1. The summed E-state index contributed by atoms with van der Waals surface area (Å²) in [5.74, 6) is 1.99. The van der Waals surface area contributed by atoms with Gasteiger partial charge in [0, 0.05) is 19.3 Å². The van der Waals surface area contributed by atoms with Crippen molar-refractivity contribution >= 4 is 21.7 Å². The molecule has 2 rings (SSSR count). The fourth-order valence-electron chi connectivity index (χ4n) is 1.59. The summed E-state index contributed by atoms with van der Waals surface area (Å²) in [5, 5.41) is 0. The van der Waals surface area contributed by atoms with Gasteiger partial charge in [-0.2, -0.15) is 0 Å². The second-order valence-corrected chi connectivity index (χ2v) is 4.65. The van der Waals surface area contributed by atoms with Crippen LogP contribution in [-0.2, 0) is 0 Å². The molecule has 14 heavy (non-hydrogen) atoms. The first-order valence-corrected chi connectivity index (χ1v) is 5.96. The normalized spacial score (nSPS) is 15.6. The van der Waals surface area contributed by atoms with E-state index in [9.17, 15) is 0 Å².